The van der Waals surface area contributed by atoms with Gasteiger partial charge in [0.05, 0.1) is 18.8 Å². The number of aliphatic hydroxyl groups is 2. The smallest absolute Gasteiger partial charge is 0.220 e. The predicted molar refractivity (Wildman–Crippen MR) is 350 cm³/mol. The fraction of sp³-hybridized carbons (Fsp3) is 0.959. The molecule has 0 aromatic rings. The largest absolute Gasteiger partial charge is 0.394 e. The van der Waals surface area contributed by atoms with Gasteiger partial charge in [-0.15, -0.1) is 0 Å². The zero-order valence-corrected chi connectivity index (χ0v) is 54.0. The van der Waals surface area contributed by atoms with Gasteiger partial charge in [0.2, 0.25) is 5.91 Å². The van der Waals surface area contributed by atoms with E-state index >= 15 is 0 Å². The Morgan fingerprint density at radius 2 is 0.474 bits per heavy atom. The van der Waals surface area contributed by atoms with Crippen molar-refractivity contribution in [2.24, 2.45) is 0 Å². The van der Waals surface area contributed by atoms with Gasteiger partial charge in [0.1, 0.15) is 0 Å². The molecule has 0 radical (unpaired) electrons. The van der Waals surface area contributed by atoms with Crippen LogP contribution in [0.1, 0.15) is 438 Å². The maximum atomic E-state index is 12.6. The zero-order chi connectivity index (χ0) is 56.2. The summed E-state index contributed by atoms with van der Waals surface area (Å²) in [5.74, 6) is -0.0524. The molecule has 2 atom stereocenters. The van der Waals surface area contributed by atoms with E-state index < -0.39 is 12.1 Å². The number of carbonyl (C=O) groups is 1. The number of aliphatic hydroxyl groups excluding tert-OH is 2. The lowest BCUT2D eigenvalue weighted by molar-refractivity contribution is -0.123. The number of hydrogen-bond donors (Lipinski definition) is 3. The summed E-state index contributed by atoms with van der Waals surface area (Å²) in [6.07, 6.45) is 94.7. The molecule has 3 N–H and O–H groups in total. The van der Waals surface area contributed by atoms with Crippen LogP contribution in [-0.4, -0.2) is 34.9 Å². The van der Waals surface area contributed by atoms with E-state index in [1.54, 1.807) is 6.08 Å². The first-order valence-corrected chi connectivity index (χ1v) is 36.9. The van der Waals surface area contributed by atoms with Crippen LogP contribution in [0.25, 0.3) is 0 Å². The van der Waals surface area contributed by atoms with E-state index in [9.17, 15) is 15.0 Å². The predicted octanol–water partition coefficient (Wildman–Crippen LogP) is 25.2. The lowest BCUT2D eigenvalue weighted by atomic mass is 10.0. The maximum Gasteiger partial charge on any atom is 0.220 e. The Kier molecular flexibility index (Phi) is 69.6. The molecule has 0 bridgehead atoms. The zero-order valence-electron chi connectivity index (χ0n) is 54.0. The van der Waals surface area contributed by atoms with Crippen LogP contribution in [0.2, 0.25) is 0 Å². The van der Waals surface area contributed by atoms with Crippen molar-refractivity contribution in [3.05, 3.63) is 12.2 Å². The van der Waals surface area contributed by atoms with E-state index in [-0.39, 0.29) is 12.5 Å². The van der Waals surface area contributed by atoms with Crippen LogP contribution in [0.5, 0.6) is 0 Å². The number of allylic oxidation sites excluding steroid dienone is 1. The summed E-state index contributed by atoms with van der Waals surface area (Å²) in [4.78, 5) is 12.6. The SMILES string of the molecule is CCCCCCCCCCCCCCCCCCCCCCCCCCCCCCC/C=C/C(O)C(CO)NC(=O)CCCCCCCCCCCCCCCCCCCCCCCCCCCCCCCCCCCCC. The number of hydrogen-bond acceptors (Lipinski definition) is 3. The molecule has 4 heteroatoms. The van der Waals surface area contributed by atoms with Gasteiger partial charge in [-0.1, -0.05) is 424 Å². The monoisotopic (exact) mass is 1100 g/mol. The third-order valence-electron chi connectivity index (χ3n) is 17.8. The molecule has 2 unspecified atom stereocenters. The molecule has 0 aromatic carbocycles. The number of rotatable bonds is 70. The first-order chi connectivity index (χ1) is 38.7. The van der Waals surface area contributed by atoms with Crippen LogP contribution in [0.15, 0.2) is 12.2 Å². The van der Waals surface area contributed by atoms with E-state index in [1.165, 1.54) is 392 Å². The Morgan fingerprint density at radius 1 is 0.295 bits per heavy atom. The van der Waals surface area contributed by atoms with Crippen molar-refractivity contribution >= 4 is 5.91 Å². The Hall–Kier alpha value is -0.870. The molecule has 0 aromatic heterocycles. The minimum absolute atomic E-state index is 0.0524. The van der Waals surface area contributed by atoms with Gasteiger partial charge in [0, 0.05) is 6.42 Å². The average molecular weight is 1100 g/mol. The van der Waals surface area contributed by atoms with E-state index in [2.05, 4.69) is 19.2 Å². The van der Waals surface area contributed by atoms with Crippen LogP contribution in [-0.2, 0) is 4.79 Å². The second-order valence-electron chi connectivity index (χ2n) is 25.7. The van der Waals surface area contributed by atoms with E-state index in [0.29, 0.717) is 6.42 Å². The molecule has 0 rings (SSSR count). The van der Waals surface area contributed by atoms with Crippen molar-refractivity contribution < 1.29 is 15.0 Å². The standard InChI is InChI=1S/C74H147NO3/c1-3-5-7-9-11-13-15-17-19-21-23-25-27-29-31-33-35-36-37-38-40-42-44-46-48-50-52-54-56-58-60-62-64-66-68-70-74(78)75-72(71-76)73(77)69-67-65-63-61-59-57-55-53-51-49-47-45-43-41-39-34-32-30-28-26-24-22-20-18-16-14-12-10-8-6-4-2/h67,69,72-73,76-77H,3-66,68,70-71H2,1-2H3,(H,75,78)/b69-67+. The molecule has 466 valence electrons. The maximum absolute atomic E-state index is 12.6. The highest BCUT2D eigenvalue weighted by Crippen LogP contribution is 2.20. The number of carbonyl (C=O) groups excluding carboxylic acids is 1. The van der Waals surface area contributed by atoms with Crippen molar-refractivity contribution in [1.82, 2.24) is 5.32 Å². The molecule has 1 amide bonds. The van der Waals surface area contributed by atoms with Gasteiger partial charge in [0.25, 0.3) is 0 Å². The van der Waals surface area contributed by atoms with Gasteiger partial charge in [-0.2, -0.15) is 0 Å². The second kappa shape index (κ2) is 70.4. The van der Waals surface area contributed by atoms with Crippen LogP contribution in [0, 0.1) is 0 Å². The number of nitrogens with one attached hydrogen (secondary N) is 1. The van der Waals surface area contributed by atoms with Crippen LogP contribution in [0.4, 0.5) is 0 Å². The summed E-state index contributed by atoms with van der Waals surface area (Å²) < 4.78 is 0. The third-order valence-corrected chi connectivity index (χ3v) is 17.8. The summed E-state index contributed by atoms with van der Waals surface area (Å²) in [5.41, 5.74) is 0. The number of amides is 1. The topological polar surface area (TPSA) is 69.6 Å². The lowest BCUT2D eigenvalue weighted by Crippen LogP contribution is -2.45. The fourth-order valence-electron chi connectivity index (χ4n) is 12.2. The molecule has 0 heterocycles. The molecule has 0 spiro atoms. The minimum Gasteiger partial charge on any atom is -0.394 e. The quantitative estimate of drug-likeness (QED) is 0.0420. The highest BCUT2D eigenvalue weighted by molar-refractivity contribution is 5.76. The normalized spacial score (nSPS) is 12.6. The van der Waals surface area contributed by atoms with Crippen LogP contribution < -0.4 is 5.32 Å². The fourth-order valence-corrected chi connectivity index (χ4v) is 12.2. The van der Waals surface area contributed by atoms with Crippen LogP contribution >= 0.6 is 0 Å². The molecule has 0 saturated carbocycles. The highest BCUT2D eigenvalue weighted by atomic mass is 16.3. The Bertz CT molecular complexity index is 1110. The van der Waals surface area contributed by atoms with Gasteiger partial charge < -0.3 is 15.5 Å². The molecule has 0 fully saturated rings. The molecular formula is C74H147NO3. The summed E-state index contributed by atoms with van der Waals surface area (Å²) >= 11 is 0. The van der Waals surface area contributed by atoms with E-state index in [4.69, 9.17) is 0 Å². The average Bonchev–Trinajstić information content (AvgIpc) is 3.44. The van der Waals surface area contributed by atoms with Gasteiger partial charge in [0.15, 0.2) is 0 Å². The molecule has 0 saturated heterocycles. The van der Waals surface area contributed by atoms with Crippen molar-refractivity contribution in [2.75, 3.05) is 6.61 Å². The van der Waals surface area contributed by atoms with Gasteiger partial charge in [-0.3, -0.25) is 4.79 Å². The summed E-state index contributed by atoms with van der Waals surface area (Å²) in [7, 11) is 0. The molecular weight excluding hydrogens is 951 g/mol. The van der Waals surface area contributed by atoms with Gasteiger partial charge in [-0.25, -0.2) is 0 Å². The van der Waals surface area contributed by atoms with Crippen molar-refractivity contribution in [1.29, 1.82) is 0 Å². The van der Waals surface area contributed by atoms with Crippen molar-refractivity contribution in [3.8, 4) is 0 Å². The molecule has 78 heavy (non-hydrogen) atoms. The third kappa shape index (κ3) is 65.9. The molecule has 0 aliphatic carbocycles. The second-order valence-corrected chi connectivity index (χ2v) is 25.7. The Morgan fingerprint density at radius 3 is 0.667 bits per heavy atom. The van der Waals surface area contributed by atoms with Gasteiger partial charge in [-0.05, 0) is 19.3 Å². The summed E-state index contributed by atoms with van der Waals surface area (Å²) in [5, 5.41) is 23.3. The van der Waals surface area contributed by atoms with E-state index in [0.717, 1.165) is 25.7 Å². The van der Waals surface area contributed by atoms with Crippen LogP contribution in [0.3, 0.4) is 0 Å². The van der Waals surface area contributed by atoms with Crippen molar-refractivity contribution in [3.63, 3.8) is 0 Å². The lowest BCUT2D eigenvalue weighted by Gasteiger charge is -2.20. The van der Waals surface area contributed by atoms with E-state index in [1.807, 2.05) is 6.08 Å². The summed E-state index contributed by atoms with van der Waals surface area (Å²) in [6.45, 7) is 4.37. The summed E-state index contributed by atoms with van der Waals surface area (Å²) in [6, 6.07) is -0.620. The van der Waals surface area contributed by atoms with Crippen molar-refractivity contribution in [2.45, 2.75) is 450 Å². The Labute approximate surface area is 492 Å². The molecule has 0 aliphatic rings. The molecule has 4 nitrogen and oxygen atoms in total. The van der Waals surface area contributed by atoms with Gasteiger partial charge >= 0.3 is 0 Å². The molecule has 0 aliphatic heterocycles. The Balaban J connectivity index is 3.38. The number of unbranched alkanes of at least 4 members (excludes halogenated alkanes) is 63. The highest BCUT2D eigenvalue weighted by Gasteiger charge is 2.18. The first-order valence-electron chi connectivity index (χ1n) is 36.9. The first kappa shape index (κ1) is 77.1. The minimum atomic E-state index is -0.837.